The van der Waals surface area contributed by atoms with E-state index in [0.717, 1.165) is 32.2 Å². The lowest BCUT2D eigenvalue weighted by molar-refractivity contribution is -0.123. The Bertz CT molecular complexity index is 310. The van der Waals surface area contributed by atoms with Gasteiger partial charge in [-0.2, -0.15) is 0 Å². The number of amides is 2. The molecule has 1 aliphatic carbocycles. The molecular formula is C14H25N3O2. The van der Waals surface area contributed by atoms with Crippen LogP contribution in [0.5, 0.6) is 0 Å². The maximum atomic E-state index is 11.7. The first-order valence-corrected chi connectivity index (χ1v) is 7.53. The van der Waals surface area contributed by atoms with Crippen molar-refractivity contribution in [2.45, 2.75) is 63.5 Å². The Kier molecular flexibility index (Phi) is 5.63. The van der Waals surface area contributed by atoms with Gasteiger partial charge in [0, 0.05) is 31.5 Å². The molecule has 1 unspecified atom stereocenters. The van der Waals surface area contributed by atoms with Crippen LogP contribution >= 0.6 is 0 Å². The zero-order valence-corrected chi connectivity index (χ0v) is 11.5. The minimum Gasteiger partial charge on any atom is -0.356 e. The molecule has 1 heterocycles. The second-order valence-corrected chi connectivity index (χ2v) is 5.65. The summed E-state index contributed by atoms with van der Waals surface area (Å²) >= 11 is 0. The highest BCUT2D eigenvalue weighted by Crippen LogP contribution is 2.18. The summed E-state index contributed by atoms with van der Waals surface area (Å²) in [5.41, 5.74) is 0. The predicted octanol–water partition coefficient (Wildman–Crippen LogP) is 0.694. The Morgan fingerprint density at radius 2 is 1.95 bits per heavy atom. The summed E-state index contributed by atoms with van der Waals surface area (Å²) in [4.78, 5) is 23.1. The molecular weight excluding hydrogens is 242 g/mol. The highest BCUT2D eigenvalue weighted by Gasteiger charge is 2.22. The molecule has 1 atom stereocenters. The van der Waals surface area contributed by atoms with Crippen LogP contribution in [0.2, 0.25) is 0 Å². The summed E-state index contributed by atoms with van der Waals surface area (Å²) in [5.74, 6) is 0.215. The van der Waals surface area contributed by atoms with Crippen LogP contribution in [0.3, 0.4) is 0 Å². The van der Waals surface area contributed by atoms with E-state index in [9.17, 15) is 9.59 Å². The molecule has 2 amide bonds. The van der Waals surface area contributed by atoms with Gasteiger partial charge < -0.3 is 16.0 Å². The molecule has 0 aromatic carbocycles. The monoisotopic (exact) mass is 267 g/mol. The number of hydrogen-bond donors (Lipinski definition) is 3. The number of carbonyl (C=O) groups is 2. The number of hydrogen-bond acceptors (Lipinski definition) is 3. The van der Waals surface area contributed by atoms with E-state index in [0.29, 0.717) is 31.5 Å². The van der Waals surface area contributed by atoms with Gasteiger partial charge in [-0.25, -0.2) is 0 Å². The Morgan fingerprint density at radius 1 is 1.11 bits per heavy atom. The van der Waals surface area contributed by atoms with Gasteiger partial charge >= 0.3 is 0 Å². The molecule has 1 saturated carbocycles. The minimum atomic E-state index is 0.0991. The largest absolute Gasteiger partial charge is 0.356 e. The molecule has 108 valence electrons. The molecule has 0 aromatic heterocycles. The van der Waals surface area contributed by atoms with E-state index < -0.39 is 0 Å². The number of carbonyl (C=O) groups excluding carboxylic acids is 2. The standard InChI is InChI=1S/C14H25N3O2/c18-13(17-11-6-7-11)5-3-9-16-14(19)10-12-4-1-2-8-15-12/h11-12,15H,1-10H2,(H,16,19)(H,17,18). The van der Waals surface area contributed by atoms with E-state index in [-0.39, 0.29) is 11.8 Å². The average Bonchev–Trinajstić information content (AvgIpc) is 3.20. The summed E-state index contributed by atoms with van der Waals surface area (Å²) in [7, 11) is 0. The quantitative estimate of drug-likeness (QED) is 0.595. The first-order chi connectivity index (χ1) is 9.24. The molecule has 2 aliphatic rings. The lowest BCUT2D eigenvalue weighted by Crippen LogP contribution is -2.39. The molecule has 0 radical (unpaired) electrons. The molecule has 2 rings (SSSR count). The van der Waals surface area contributed by atoms with Crippen molar-refractivity contribution in [1.29, 1.82) is 0 Å². The third kappa shape index (κ3) is 6.05. The van der Waals surface area contributed by atoms with Gasteiger partial charge in [0.1, 0.15) is 0 Å². The van der Waals surface area contributed by atoms with Crippen LogP contribution in [-0.2, 0) is 9.59 Å². The minimum absolute atomic E-state index is 0.0991. The second kappa shape index (κ2) is 7.48. The average molecular weight is 267 g/mol. The van der Waals surface area contributed by atoms with Gasteiger partial charge in [-0.3, -0.25) is 9.59 Å². The second-order valence-electron chi connectivity index (χ2n) is 5.65. The molecule has 0 aromatic rings. The van der Waals surface area contributed by atoms with E-state index in [1.165, 1.54) is 12.8 Å². The normalized spacial score (nSPS) is 22.8. The van der Waals surface area contributed by atoms with Crippen molar-refractivity contribution in [3.8, 4) is 0 Å². The van der Waals surface area contributed by atoms with E-state index in [2.05, 4.69) is 16.0 Å². The van der Waals surface area contributed by atoms with Crippen LogP contribution in [0.1, 0.15) is 51.4 Å². The van der Waals surface area contributed by atoms with Crippen molar-refractivity contribution in [1.82, 2.24) is 16.0 Å². The number of nitrogens with one attached hydrogen (secondary N) is 3. The van der Waals surface area contributed by atoms with Gasteiger partial charge in [0.05, 0.1) is 0 Å². The highest BCUT2D eigenvalue weighted by atomic mass is 16.2. The smallest absolute Gasteiger partial charge is 0.221 e. The summed E-state index contributed by atoms with van der Waals surface area (Å²) < 4.78 is 0. The fourth-order valence-electron chi connectivity index (χ4n) is 2.40. The Balaban J connectivity index is 1.47. The zero-order valence-electron chi connectivity index (χ0n) is 11.5. The Hall–Kier alpha value is -1.10. The molecule has 19 heavy (non-hydrogen) atoms. The van der Waals surface area contributed by atoms with Crippen LogP contribution in [0.4, 0.5) is 0 Å². The van der Waals surface area contributed by atoms with Crippen LogP contribution in [0, 0.1) is 0 Å². The van der Waals surface area contributed by atoms with Crippen molar-refractivity contribution in [3.05, 3.63) is 0 Å². The van der Waals surface area contributed by atoms with Crippen molar-refractivity contribution in [2.75, 3.05) is 13.1 Å². The fourth-order valence-corrected chi connectivity index (χ4v) is 2.40. The van der Waals surface area contributed by atoms with Gasteiger partial charge in [-0.1, -0.05) is 6.42 Å². The first kappa shape index (κ1) is 14.3. The molecule has 0 bridgehead atoms. The molecule has 1 saturated heterocycles. The van der Waals surface area contributed by atoms with E-state index in [1.807, 2.05) is 0 Å². The van der Waals surface area contributed by atoms with Crippen molar-refractivity contribution in [2.24, 2.45) is 0 Å². The van der Waals surface area contributed by atoms with Crippen LogP contribution < -0.4 is 16.0 Å². The zero-order chi connectivity index (χ0) is 13.5. The third-order valence-electron chi connectivity index (χ3n) is 3.69. The Morgan fingerprint density at radius 3 is 2.63 bits per heavy atom. The molecule has 2 fully saturated rings. The molecule has 5 nitrogen and oxygen atoms in total. The van der Waals surface area contributed by atoms with E-state index in [4.69, 9.17) is 0 Å². The number of piperidine rings is 1. The van der Waals surface area contributed by atoms with Gasteiger partial charge in [0.2, 0.25) is 11.8 Å². The van der Waals surface area contributed by atoms with Gasteiger partial charge in [0.15, 0.2) is 0 Å². The molecule has 0 spiro atoms. The van der Waals surface area contributed by atoms with Crippen molar-refractivity contribution < 1.29 is 9.59 Å². The van der Waals surface area contributed by atoms with Gasteiger partial charge in [0.25, 0.3) is 0 Å². The summed E-state index contributed by atoms with van der Waals surface area (Å²) in [6, 6.07) is 0.770. The maximum Gasteiger partial charge on any atom is 0.221 e. The predicted molar refractivity (Wildman–Crippen MR) is 73.7 cm³/mol. The maximum absolute atomic E-state index is 11.7. The molecule has 3 N–H and O–H groups in total. The van der Waals surface area contributed by atoms with Crippen molar-refractivity contribution >= 4 is 11.8 Å². The van der Waals surface area contributed by atoms with Crippen LogP contribution in [0.25, 0.3) is 0 Å². The summed E-state index contributed by atoms with van der Waals surface area (Å²) in [6.07, 6.45) is 7.57. The SMILES string of the molecule is O=C(CC1CCCCN1)NCCCC(=O)NC1CC1. The molecule has 1 aliphatic heterocycles. The highest BCUT2D eigenvalue weighted by molar-refractivity contribution is 5.77. The molecule has 5 heteroatoms. The first-order valence-electron chi connectivity index (χ1n) is 7.53. The lowest BCUT2D eigenvalue weighted by Gasteiger charge is -2.22. The van der Waals surface area contributed by atoms with Crippen LogP contribution in [0.15, 0.2) is 0 Å². The lowest BCUT2D eigenvalue weighted by atomic mass is 10.0. The Labute approximate surface area is 114 Å². The topological polar surface area (TPSA) is 70.2 Å². The third-order valence-corrected chi connectivity index (χ3v) is 3.69. The van der Waals surface area contributed by atoms with E-state index >= 15 is 0 Å². The van der Waals surface area contributed by atoms with Gasteiger partial charge in [-0.05, 0) is 38.6 Å². The number of rotatable bonds is 7. The van der Waals surface area contributed by atoms with Crippen molar-refractivity contribution in [3.63, 3.8) is 0 Å². The summed E-state index contributed by atoms with van der Waals surface area (Å²) in [6.45, 7) is 1.63. The summed E-state index contributed by atoms with van der Waals surface area (Å²) in [5, 5.41) is 9.20. The van der Waals surface area contributed by atoms with Crippen LogP contribution in [-0.4, -0.2) is 37.0 Å². The van der Waals surface area contributed by atoms with E-state index in [1.54, 1.807) is 0 Å². The van der Waals surface area contributed by atoms with Gasteiger partial charge in [-0.15, -0.1) is 0 Å². The fraction of sp³-hybridized carbons (Fsp3) is 0.857.